The van der Waals surface area contributed by atoms with E-state index in [0.717, 1.165) is 5.56 Å². The summed E-state index contributed by atoms with van der Waals surface area (Å²) in [5.74, 6) is -1.34. The molecule has 0 aromatic heterocycles. The third-order valence-corrected chi connectivity index (χ3v) is 2.91. The summed E-state index contributed by atoms with van der Waals surface area (Å²) in [4.78, 5) is 22.2. The van der Waals surface area contributed by atoms with Gasteiger partial charge in [0.25, 0.3) is 0 Å². The van der Waals surface area contributed by atoms with Crippen LogP contribution < -0.4 is 11.1 Å². The van der Waals surface area contributed by atoms with Crippen LogP contribution in [0.15, 0.2) is 24.3 Å². The molecule has 1 aromatic carbocycles. The molecule has 0 aliphatic rings. The summed E-state index contributed by atoms with van der Waals surface area (Å²) in [7, 11) is 0. The average Bonchev–Trinajstić information content (AvgIpc) is 2.36. The zero-order chi connectivity index (χ0) is 14.3. The van der Waals surface area contributed by atoms with Crippen molar-refractivity contribution >= 4 is 17.6 Å². The summed E-state index contributed by atoms with van der Waals surface area (Å²) in [6.45, 7) is 2.02. The zero-order valence-electron chi connectivity index (χ0n) is 11.1. The number of benzene rings is 1. The fourth-order valence-corrected chi connectivity index (χ4v) is 1.65. The van der Waals surface area contributed by atoms with Crippen molar-refractivity contribution in [3.05, 3.63) is 29.8 Å². The molecule has 0 saturated carbocycles. The van der Waals surface area contributed by atoms with Crippen molar-refractivity contribution in [2.24, 2.45) is 5.92 Å². The van der Waals surface area contributed by atoms with E-state index in [1.807, 2.05) is 18.2 Å². The van der Waals surface area contributed by atoms with Crippen LogP contribution in [0.3, 0.4) is 0 Å². The number of anilines is 1. The third-order valence-electron chi connectivity index (χ3n) is 2.91. The predicted molar refractivity (Wildman–Crippen MR) is 73.6 cm³/mol. The van der Waals surface area contributed by atoms with Crippen LogP contribution >= 0.6 is 0 Å². The summed E-state index contributed by atoms with van der Waals surface area (Å²) < 4.78 is 0. The van der Waals surface area contributed by atoms with E-state index in [2.05, 4.69) is 5.32 Å². The number of nitrogens with one attached hydrogen (secondary N) is 1. The first-order valence-corrected chi connectivity index (χ1v) is 6.33. The molecular formula is C14H20N2O3. The van der Waals surface area contributed by atoms with E-state index in [1.165, 1.54) is 0 Å². The van der Waals surface area contributed by atoms with Crippen molar-refractivity contribution in [3.63, 3.8) is 0 Å². The lowest BCUT2D eigenvalue weighted by Gasteiger charge is -2.08. The first kappa shape index (κ1) is 15.0. The topological polar surface area (TPSA) is 92.4 Å². The van der Waals surface area contributed by atoms with Gasteiger partial charge < -0.3 is 16.2 Å². The van der Waals surface area contributed by atoms with E-state index in [0.29, 0.717) is 31.5 Å². The molecule has 5 nitrogen and oxygen atoms in total. The second-order valence-electron chi connectivity index (χ2n) is 4.62. The van der Waals surface area contributed by atoms with E-state index < -0.39 is 11.9 Å². The maximum Gasteiger partial charge on any atom is 0.306 e. The predicted octanol–water partition coefficient (Wildman–Crippen LogP) is 1.43. The van der Waals surface area contributed by atoms with Gasteiger partial charge in [-0.15, -0.1) is 0 Å². The van der Waals surface area contributed by atoms with Gasteiger partial charge in [-0.3, -0.25) is 9.59 Å². The molecule has 0 saturated heterocycles. The van der Waals surface area contributed by atoms with Crippen LogP contribution in [0.4, 0.5) is 5.69 Å². The number of carbonyl (C=O) groups is 2. The number of hydrogen-bond acceptors (Lipinski definition) is 3. The fourth-order valence-electron chi connectivity index (χ4n) is 1.65. The molecule has 1 aromatic rings. The molecule has 0 aliphatic carbocycles. The van der Waals surface area contributed by atoms with E-state index in [-0.39, 0.29) is 5.91 Å². The van der Waals surface area contributed by atoms with Crippen LogP contribution in [0.1, 0.15) is 25.3 Å². The molecular weight excluding hydrogens is 244 g/mol. The van der Waals surface area contributed by atoms with Gasteiger partial charge in [-0.2, -0.15) is 0 Å². The SMILES string of the molecule is CC(CCNC(=O)CCc1cccc(N)c1)C(=O)O. The molecule has 0 bridgehead atoms. The lowest BCUT2D eigenvalue weighted by Crippen LogP contribution is -2.27. The van der Waals surface area contributed by atoms with Crippen molar-refractivity contribution in [1.82, 2.24) is 5.32 Å². The number of nitrogen functional groups attached to an aromatic ring is 1. The Labute approximate surface area is 112 Å². The Balaban J connectivity index is 2.23. The van der Waals surface area contributed by atoms with Gasteiger partial charge >= 0.3 is 5.97 Å². The van der Waals surface area contributed by atoms with Gasteiger partial charge in [-0.1, -0.05) is 19.1 Å². The average molecular weight is 264 g/mol. The highest BCUT2D eigenvalue weighted by molar-refractivity contribution is 5.76. The lowest BCUT2D eigenvalue weighted by molar-refractivity contribution is -0.141. The minimum absolute atomic E-state index is 0.0694. The zero-order valence-corrected chi connectivity index (χ0v) is 11.1. The minimum atomic E-state index is -0.839. The van der Waals surface area contributed by atoms with Gasteiger partial charge in [0.05, 0.1) is 5.92 Å². The molecule has 4 N–H and O–H groups in total. The summed E-state index contributed by atoms with van der Waals surface area (Å²) in [5, 5.41) is 11.4. The summed E-state index contributed by atoms with van der Waals surface area (Å²) in [5.41, 5.74) is 7.36. The third kappa shape index (κ3) is 5.90. The first-order valence-electron chi connectivity index (χ1n) is 6.33. The molecule has 1 atom stereocenters. The quantitative estimate of drug-likeness (QED) is 0.649. The fraction of sp³-hybridized carbons (Fsp3) is 0.429. The molecule has 1 amide bonds. The van der Waals surface area contributed by atoms with Gasteiger partial charge in [-0.25, -0.2) is 0 Å². The highest BCUT2D eigenvalue weighted by Crippen LogP contribution is 2.08. The Hall–Kier alpha value is -2.04. The maximum atomic E-state index is 11.6. The van der Waals surface area contributed by atoms with Crippen molar-refractivity contribution in [2.45, 2.75) is 26.2 Å². The summed E-state index contributed by atoms with van der Waals surface area (Å²) in [6, 6.07) is 7.43. The van der Waals surface area contributed by atoms with Gasteiger partial charge in [0, 0.05) is 18.7 Å². The van der Waals surface area contributed by atoms with E-state index in [1.54, 1.807) is 13.0 Å². The number of hydrogen-bond donors (Lipinski definition) is 3. The molecule has 5 heteroatoms. The molecule has 0 aliphatic heterocycles. The molecule has 1 rings (SSSR count). The molecule has 0 spiro atoms. The number of rotatable bonds is 7. The number of carboxylic acid groups (broad SMARTS) is 1. The number of nitrogens with two attached hydrogens (primary N) is 1. The number of aliphatic carboxylic acids is 1. The van der Waals surface area contributed by atoms with Crippen LogP contribution in [0, 0.1) is 5.92 Å². The monoisotopic (exact) mass is 264 g/mol. The van der Waals surface area contributed by atoms with E-state index in [9.17, 15) is 9.59 Å². The van der Waals surface area contributed by atoms with Crippen LogP contribution in [0.5, 0.6) is 0 Å². The number of carboxylic acids is 1. The number of aryl methyl sites for hydroxylation is 1. The van der Waals surface area contributed by atoms with Gasteiger partial charge in [0.2, 0.25) is 5.91 Å². The van der Waals surface area contributed by atoms with Gasteiger partial charge in [-0.05, 0) is 30.5 Å². The highest BCUT2D eigenvalue weighted by atomic mass is 16.4. The Morgan fingerprint density at radius 1 is 1.42 bits per heavy atom. The van der Waals surface area contributed by atoms with Crippen molar-refractivity contribution in [2.75, 3.05) is 12.3 Å². The molecule has 1 unspecified atom stereocenters. The van der Waals surface area contributed by atoms with Crippen LogP contribution in [-0.4, -0.2) is 23.5 Å². The Kier molecular flexibility index (Phi) is 5.85. The van der Waals surface area contributed by atoms with E-state index in [4.69, 9.17) is 10.8 Å². The highest BCUT2D eigenvalue weighted by Gasteiger charge is 2.10. The van der Waals surface area contributed by atoms with Crippen molar-refractivity contribution in [1.29, 1.82) is 0 Å². The largest absolute Gasteiger partial charge is 0.481 e. The summed E-state index contributed by atoms with van der Waals surface area (Å²) >= 11 is 0. The standard InChI is InChI=1S/C14H20N2O3/c1-10(14(18)19)7-8-16-13(17)6-5-11-3-2-4-12(15)9-11/h2-4,9-10H,5-8,15H2,1H3,(H,16,17)(H,18,19). The molecule has 0 fully saturated rings. The van der Waals surface area contributed by atoms with Crippen LogP contribution in [-0.2, 0) is 16.0 Å². The second-order valence-corrected chi connectivity index (χ2v) is 4.62. The smallest absolute Gasteiger partial charge is 0.306 e. The molecule has 19 heavy (non-hydrogen) atoms. The Bertz CT molecular complexity index is 446. The van der Waals surface area contributed by atoms with Gasteiger partial charge in [0.15, 0.2) is 0 Å². The maximum absolute atomic E-state index is 11.6. The molecule has 0 heterocycles. The molecule has 104 valence electrons. The second kappa shape index (κ2) is 7.41. The lowest BCUT2D eigenvalue weighted by atomic mass is 10.1. The van der Waals surface area contributed by atoms with Gasteiger partial charge in [0.1, 0.15) is 0 Å². The minimum Gasteiger partial charge on any atom is -0.481 e. The normalized spacial score (nSPS) is 11.8. The summed E-state index contributed by atoms with van der Waals surface area (Å²) in [6.07, 6.45) is 1.45. The molecule has 0 radical (unpaired) electrons. The Morgan fingerprint density at radius 3 is 2.79 bits per heavy atom. The Morgan fingerprint density at radius 2 is 2.16 bits per heavy atom. The van der Waals surface area contributed by atoms with E-state index >= 15 is 0 Å². The van der Waals surface area contributed by atoms with Crippen LogP contribution in [0.25, 0.3) is 0 Å². The van der Waals surface area contributed by atoms with Crippen molar-refractivity contribution < 1.29 is 14.7 Å². The van der Waals surface area contributed by atoms with Crippen LogP contribution in [0.2, 0.25) is 0 Å². The number of amides is 1. The number of carbonyl (C=O) groups excluding carboxylic acids is 1. The first-order chi connectivity index (χ1) is 8.99. The van der Waals surface area contributed by atoms with Crippen molar-refractivity contribution in [3.8, 4) is 0 Å².